The van der Waals surface area contributed by atoms with Gasteiger partial charge in [0.2, 0.25) is 11.8 Å². The van der Waals surface area contributed by atoms with Gasteiger partial charge in [-0.3, -0.25) is 19.5 Å². The summed E-state index contributed by atoms with van der Waals surface area (Å²) in [6.07, 6.45) is 6.21. The number of aromatic nitrogens is 2. The molecule has 8 nitrogen and oxygen atoms in total. The molecule has 8 heteroatoms. The van der Waals surface area contributed by atoms with Crippen molar-refractivity contribution >= 4 is 23.2 Å². The second-order valence-electron chi connectivity index (χ2n) is 9.54. The molecule has 0 aliphatic carbocycles. The zero-order valence-electron chi connectivity index (χ0n) is 21.1. The fourth-order valence-corrected chi connectivity index (χ4v) is 4.56. The lowest BCUT2D eigenvalue weighted by Gasteiger charge is -2.27. The fourth-order valence-electron chi connectivity index (χ4n) is 4.56. The molecule has 0 radical (unpaired) electrons. The zero-order valence-corrected chi connectivity index (χ0v) is 21.1. The number of benzene rings is 1. The maximum atomic E-state index is 13.2. The number of carbonyl (C=O) groups is 2. The molecular weight excluding hydrogens is 442 g/mol. The van der Waals surface area contributed by atoms with Gasteiger partial charge < -0.3 is 14.2 Å². The van der Waals surface area contributed by atoms with E-state index in [4.69, 9.17) is 4.42 Å². The van der Waals surface area contributed by atoms with E-state index >= 15 is 0 Å². The number of anilines is 2. The van der Waals surface area contributed by atoms with E-state index in [9.17, 15) is 9.59 Å². The van der Waals surface area contributed by atoms with E-state index in [1.165, 1.54) is 5.56 Å². The highest BCUT2D eigenvalue weighted by Crippen LogP contribution is 2.39. The van der Waals surface area contributed by atoms with Gasteiger partial charge in [0.25, 0.3) is 0 Å². The summed E-state index contributed by atoms with van der Waals surface area (Å²) in [6, 6.07) is 10.0. The maximum Gasteiger partial charge on any atom is 0.242 e. The largest absolute Gasteiger partial charge is 0.449 e. The molecular formula is C27H33N5O3. The lowest BCUT2D eigenvalue weighted by Crippen LogP contribution is -2.47. The third kappa shape index (κ3) is 5.12. The Morgan fingerprint density at radius 3 is 2.51 bits per heavy atom. The third-order valence-electron chi connectivity index (χ3n) is 6.53. The van der Waals surface area contributed by atoms with Crippen LogP contribution in [-0.2, 0) is 29.1 Å². The van der Waals surface area contributed by atoms with Crippen molar-refractivity contribution in [1.29, 1.82) is 0 Å². The number of amides is 2. The van der Waals surface area contributed by atoms with Gasteiger partial charge in [0.15, 0.2) is 5.89 Å². The molecule has 0 saturated heterocycles. The van der Waals surface area contributed by atoms with Gasteiger partial charge in [-0.2, -0.15) is 0 Å². The van der Waals surface area contributed by atoms with E-state index in [2.05, 4.69) is 20.9 Å². The SMILES string of the molecule is CCN1C(=O)C(C)(C)C(=O)N(C)c2cc(CN(CCc3cccnc3)Cc3coc(C)n3)ccc21. The van der Waals surface area contributed by atoms with Crippen molar-refractivity contribution in [2.24, 2.45) is 5.41 Å². The van der Waals surface area contributed by atoms with Crippen LogP contribution in [0.4, 0.5) is 11.4 Å². The summed E-state index contributed by atoms with van der Waals surface area (Å²) in [5.74, 6) is 0.260. The molecule has 0 spiro atoms. The van der Waals surface area contributed by atoms with Crippen LogP contribution in [-0.4, -0.2) is 46.8 Å². The summed E-state index contributed by atoms with van der Waals surface area (Å²) in [5.41, 5.74) is 3.48. The minimum absolute atomic E-state index is 0.178. The highest BCUT2D eigenvalue weighted by molar-refractivity contribution is 6.19. The Balaban J connectivity index is 1.62. The van der Waals surface area contributed by atoms with Crippen molar-refractivity contribution < 1.29 is 14.0 Å². The van der Waals surface area contributed by atoms with Crippen LogP contribution in [0.15, 0.2) is 53.4 Å². The quantitative estimate of drug-likeness (QED) is 0.459. The van der Waals surface area contributed by atoms with Crippen LogP contribution >= 0.6 is 0 Å². The number of fused-ring (bicyclic) bond motifs is 1. The third-order valence-corrected chi connectivity index (χ3v) is 6.53. The van der Waals surface area contributed by atoms with Crippen molar-refractivity contribution in [1.82, 2.24) is 14.9 Å². The molecule has 3 aromatic rings. The van der Waals surface area contributed by atoms with Crippen molar-refractivity contribution in [3.05, 3.63) is 71.7 Å². The van der Waals surface area contributed by atoms with Crippen molar-refractivity contribution in [3.63, 3.8) is 0 Å². The lowest BCUT2D eigenvalue weighted by atomic mass is 9.90. The summed E-state index contributed by atoms with van der Waals surface area (Å²) in [4.78, 5) is 40.7. The molecule has 0 bridgehead atoms. The van der Waals surface area contributed by atoms with Gasteiger partial charge in [-0.1, -0.05) is 12.1 Å². The second kappa shape index (κ2) is 10.00. The number of hydrogen-bond acceptors (Lipinski definition) is 6. The molecule has 3 heterocycles. The Labute approximate surface area is 206 Å². The van der Waals surface area contributed by atoms with E-state index in [1.54, 1.807) is 43.2 Å². The Bertz CT molecular complexity index is 1200. The first-order chi connectivity index (χ1) is 16.7. The van der Waals surface area contributed by atoms with E-state index in [0.717, 1.165) is 35.6 Å². The maximum absolute atomic E-state index is 13.2. The Morgan fingerprint density at radius 2 is 1.86 bits per heavy atom. The standard InChI is InChI=1S/C27H33N5O3/c1-6-32-23-10-9-21(14-24(23)30(5)25(33)27(3,4)26(32)34)16-31(17-22-18-35-19(2)29-22)13-11-20-8-7-12-28-15-20/h7-10,12,14-15,18H,6,11,13,16-17H2,1-5H3. The van der Waals surface area contributed by atoms with E-state index < -0.39 is 5.41 Å². The van der Waals surface area contributed by atoms with Gasteiger partial charge in [0.1, 0.15) is 11.7 Å². The van der Waals surface area contributed by atoms with Gasteiger partial charge in [-0.05, 0) is 56.5 Å². The van der Waals surface area contributed by atoms with Crippen LogP contribution in [0, 0.1) is 12.3 Å². The molecule has 0 unspecified atom stereocenters. The monoisotopic (exact) mass is 475 g/mol. The number of carbonyl (C=O) groups excluding carboxylic acids is 2. The molecule has 0 saturated carbocycles. The summed E-state index contributed by atoms with van der Waals surface area (Å²) >= 11 is 0. The number of nitrogens with zero attached hydrogens (tertiary/aromatic N) is 5. The Kier molecular flexibility index (Phi) is 7.03. The van der Waals surface area contributed by atoms with Crippen LogP contribution in [0.2, 0.25) is 0 Å². The average molecular weight is 476 g/mol. The second-order valence-corrected chi connectivity index (χ2v) is 9.54. The van der Waals surface area contributed by atoms with Crippen molar-refractivity contribution in [2.75, 3.05) is 29.9 Å². The van der Waals surface area contributed by atoms with Crippen LogP contribution in [0.1, 0.15) is 43.5 Å². The number of oxazole rings is 1. The van der Waals surface area contributed by atoms with Gasteiger partial charge in [-0.15, -0.1) is 0 Å². The van der Waals surface area contributed by atoms with Crippen molar-refractivity contribution in [3.8, 4) is 0 Å². The van der Waals surface area contributed by atoms with Gasteiger partial charge >= 0.3 is 0 Å². The molecule has 1 aliphatic rings. The molecule has 184 valence electrons. The molecule has 2 aromatic heterocycles. The molecule has 1 aliphatic heterocycles. The normalized spacial score (nSPS) is 15.5. The van der Waals surface area contributed by atoms with Crippen LogP contribution in [0.5, 0.6) is 0 Å². The first kappa shape index (κ1) is 24.6. The minimum Gasteiger partial charge on any atom is -0.449 e. The molecule has 0 atom stereocenters. The van der Waals surface area contributed by atoms with Crippen molar-refractivity contribution in [2.45, 2.75) is 47.2 Å². The molecule has 4 rings (SSSR count). The Hall–Kier alpha value is -3.52. The molecule has 0 N–H and O–H groups in total. The van der Waals surface area contributed by atoms with Crippen LogP contribution in [0.3, 0.4) is 0 Å². The summed E-state index contributed by atoms with van der Waals surface area (Å²) in [7, 11) is 1.75. The molecule has 1 aromatic carbocycles. The van der Waals surface area contributed by atoms with E-state index in [0.29, 0.717) is 25.5 Å². The van der Waals surface area contributed by atoms with E-state index in [-0.39, 0.29) is 11.8 Å². The van der Waals surface area contributed by atoms with Gasteiger partial charge in [0, 0.05) is 52.5 Å². The highest BCUT2D eigenvalue weighted by Gasteiger charge is 2.45. The first-order valence-electron chi connectivity index (χ1n) is 12.0. The van der Waals surface area contributed by atoms with Gasteiger partial charge in [0.05, 0.1) is 17.1 Å². The highest BCUT2D eigenvalue weighted by atomic mass is 16.3. The van der Waals surface area contributed by atoms with Crippen LogP contribution in [0.25, 0.3) is 0 Å². The van der Waals surface area contributed by atoms with E-state index in [1.807, 2.05) is 44.3 Å². The number of pyridine rings is 1. The molecule has 35 heavy (non-hydrogen) atoms. The van der Waals surface area contributed by atoms with Crippen LogP contribution < -0.4 is 9.80 Å². The Morgan fingerprint density at radius 1 is 1.06 bits per heavy atom. The summed E-state index contributed by atoms with van der Waals surface area (Å²) < 4.78 is 5.42. The zero-order chi connectivity index (χ0) is 25.2. The number of rotatable bonds is 8. The van der Waals surface area contributed by atoms with Gasteiger partial charge in [-0.25, -0.2) is 4.98 Å². The average Bonchev–Trinajstić information content (AvgIpc) is 3.25. The lowest BCUT2D eigenvalue weighted by molar-refractivity contribution is -0.137. The molecule has 2 amide bonds. The minimum atomic E-state index is -1.12. The predicted molar refractivity (Wildman–Crippen MR) is 135 cm³/mol. The summed E-state index contributed by atoms with van der Waals surface area (Å²) in [6.45, 7) is 9.76. The first-order valence-corrected chi connectivity index (χ1v) is 12.0. The smallest absolute Gasteiger partial charge is 0.242 e. The topological polar surface area (TPSA) is 82.8 Å². The predicted octanol–water partition coefficient (Wildman–Crippen LogP) is 3.98. The molecule has 0 fully saturated rings. The fraction of sp³-hybridized carbons (Fsp3) is 0.407. The number of hydrogen-bond donors (Lipinski definition) is 0. The number of aryl methyl sites for hydroxylation is 1. The summed E-state index contributed by atoms with van der Waals surface area (Å²) in [5, 5.41) is 0.